The fraction of sp³-hybridized carbons (Fsp3) is 0.294. The normalized spacial score (nSPS) is 11.0. The fourth-order valence-corrected chi connectivity index (χ4v) is 2.99. The largest absolute Gasteiger partial charge is 0.493 e. The smallest absolute Gasteiger partial charge is 0.330 e. The van der Waals surface area contributed by atoms with E-state index in [2.05, 4.69) is 0 Å². The molecule has 0 aliphatic carbocycles. The predicted molar refractivity (Wildman–Crippen MR) is 91.9 cm³/mol. The van der Waals surface area contributed by atoms with Gasteiger partial charge in [0.15, 0.2) is 11.5 Å². The molecule has 7 nitrogen and oxygen atoms in total. The summed E-state index contributed by atoms with van der Waals surface area (Å²) in [4.78, 5) is 24.8. The Kier molecular flexibility index (Phi) is 3.71. The van der Waals surface area contributed by atoms with Gasteiger partial charge in [-0.15, -0.1) is 0 Å². The Bertz CT molecular complexity index is 1060. The Hall–Kier alpha value is -2.96. The third-order valence-corrected chi connectivity index (χ3v) is 4.27. The van der Waals surface area contributed by atoms with E-state index in [4.69, 9.17) is 9.47 Å². The molecule has 0 bridgehead atoms. The molecule has 0 aliphatic rings. The fourth-order valence-electron chi connectivity index (χ4n) is 2.99. The highest BCUT2D eigenvalue weighted by Gasteiger charge is 2.19. The first kappa shape index (κ1) is 15.9. The Labute approximate surface area is 138 Å². The number of aryl methyl sites for hydroxylation is 2. The average molecular weight is 329 g/mol. The zero-order valence-electron chi connectivity index (χ0n) is 14.3. The van der Waals surface area contributed by atoms with Crippen molar-refractivity contribution in [1.82, 2.24) is 13.7 Å². The van der Waals surface area contributed by atoms with Crippen molar-refractivity contribution in [3.05, 3.63) is 45.2 Å². The highest BCUT2D eigenvalue weighted by atomic mass is 16.5. The standard InChI is InChI=1S/C17H19N3O4/c1-18-9-11-14(16(21)20(3)17(22)19(11)2)15(18)10-6-7-12(23-4)13(8-10)24-5/h6-9H,1-5H3. The monoisotopic (exact) mass is 329 g/mol. The van der Waals surface area contributed by atoms with Crippen molar-refractivity contribution in [3.63, 3.8) is 0 Å². The Morgan fingerprint density at radius 3 is 2.21 bits per heavy atom. The van der Waals surface area contributed by atoms with E-state index in [1.165, 1.54) is 11.6 Å². The van der Waals surface area contributed by atoms with Gasteiger partial charge in [-0.2, -0.15) is 0 Å². The lowest BCUT2D eigenvalue weighted by molar-refractivity contribution is 0.355. The van der Waals surface area contributed by atoms with E-state index in [1.54, 1.807) is 33.5 Å². The molecule has 0 saturated carbocycles. The maximum absolute atomic E-state index is 12.7. The summed E-state index contributed by atoms with van der Waals surface area (Å²) in [6.07, 6.45) is 1.78. The molecule has 3 aromatic rings. The Morgan fingerprint density at radius 2 is 1.58 bits per heavy atom. The van der Waals surface area contributed by atoms with E-state index in [0.717, 1.165) is 15.8 Å². The summed E-state index contributed by atoms with van der Waals surface area (Å²) >= 11 is 0. The summed E-state index contributed by atoms with van der Waals surface area (Å²) in [5.74, 6) is 1.19. The number of methoxy groups -OCH3 is 2. The quantitative estimate of drug-likeness (QED) is 0.725. The van der Waals surface area contributed by atoms with E-state index in [1.807, 2.05) is 23.7 Å². The van der Waals surface area contributed by atoms with Gasteiger partial charge < -0.3 is 14.0 Å². The van der Waals surface area contributed by atoms with Gasteiger partial charge in [0, 0.05) is 32.9 Å². The molecule has 0 atom stereocenters. The third kappa shape index (κ3) is 2.12. The summed E-state index contributed by atoms with van der Waals surface area (Å²) < 4.78 is 15.0. The summed E-state index contributed by atoms with van der Waals surface area (Å²) in [6, 6.07) is 5.47. The molecule has 0 saturated heterocycles. The number of ether oxygens (including phenoxy) is 2. The number of hydrogen-bond acceptors (Lipinski definition) is 4. The first-order chi connectivity index (χ1) is 11.4. The SMILES string of the molecule is COc1ccc(-c2c3c(=O)n(C)c(=O)n(C)c3cn2C)cc1OC. The van der Waals surface area contributed by atoms with Crippen LogP contribution in [0.1, 0.15) is 0 Å². The van der Waals surface area contributed by atoms with Crippen molar-refractivity contribution in [2.45, 2.75) is 0 Å². The van der Waals surface area contributed by atoms with E-state index < -0.39 is 0 Å². The Balaban J connectivity index is 2.42. The lowest BCUT2D eigenvalue weighted by atomic mass is 10.1. The number of fused-ring (bicyclic) bond motifs is 1. The van der Waals surface area contributed by atoms with Gasteiger partial charge in [0.05, 0.1) is 30.8 Å². The maximum atomic E-state index is 12.7. The molecule has 0 aliphatic heterocycles. The van der Waals surface area contributed by atoms with Crippen molar-refractivity contribution in [2.24, 2.45) is 21.1 Å². The zero-order chi connectivity index (χ0) is 17.6. The number of nitrogens with zero attached hydrogens (tertiary/aromatic N) is 3. The summed E-state index contributed by atoms with van der Waals surface area (Å²) in [7, 11) is 8.11. The summed E-state index contributed by atoms with van der Waals surface area (Å²) in [6.45, 7) is 0. The minimum absolute atomic E-state index is 0.321. The third-order valence-electron chi connectivity index (χ3n) is 4.27. The van der Waals surface area contributed by atoms with Crippen molar-refractivity contribution < 1.29 is 9.47 Å². The highest BCUT2D eigenvalue weighted by Crippen LogP contribution is 2.34. The minimum atomic E-state index is -0.350. The molecule has 3 rings (SSSR count). The van der Waals surface area contributed by atoms with Crippen LogP contribution in [-0.2, 0) is 21.1 Å². The minimum Gasteiger partial charge on any atom is -0.493 e. The lowest BCUT2D eigenvalue weighted by Gasteiger charge is -2.11. The van der Waals surface area contributed by atoms with Gasteiger partial charge in [0.1, 0.15) is 0 Å². The molecule has 0 N–H and O–H groups in total. The van der Waals surface area contributed by atoms with Gasteiger partial charge >= 0.3 is 5.69 Å². The van der Waals surface area contributed by atoms with Crippen LogP contribution in [0.3, 0.4) is 0 Å². The number of rotatable bonds is 3. The number of hydrogen-bond donors (Lipinski definition) is 0. The van der Waals surface area contributed by atoms with Crippen molar-refractivity contribution in [2.75, 3.05) is 14.2 Å². The van der Waals surface area contributed by atoms with E-state index in [9.17, 15) is 9.59 Å². The summed E-state index contributed by atoms with van der Waals surface area (Å²) in [5, 5.41) is 0.495. The molecule has 126 valence electrons. The van der Waals surface area contributed by atoms with E-state index >= 15 is 0 Å². The molecule has 0 fully saturated rings. The van der Waals surface area contributed by atoms with Gasteiger partial charge in [-0.05, 0) is 18.2 Å². The topological polar surface area (TPSA) is 67.4 Å². The van der Waals surface area contributed by atoms with Crippen molar-refractivity contribution in [1.29, 1.82) is 0 Å². The van der Waals surface area contributed by atoms with Crippen molar-refractivity contribution in [3.8, 4) is 22.8 Å². The van der Waals surface area contributed by atoms with Gasteiger partial charge in [0.2, 0.25) is 0 Å². The second-order valence-corrected chi connectivity index (χ2v) is 5.62. The molecule has 2 aromatic heterocycles. The molecule has 1 aromatic carbocycles. The molecule has 7 heteroatoms. The molecule has 0 amide bonds. The van der Waals surface area contributed by atoms with Gasteiger partial charge in [0.25, 0.3) is 5.56 Å². The zero-order valence-corrected chi connectivity index (χ0v) is 14.3. The number of aromatic nitrogens is 3. The van der Waals surface area contributed by atoms with Gasteiger partial charge in [-0.1, -0.05) is 0 Å². The molecular formula is C17H19N3O4. The van der Waals surface area contributed by atoms with E-state index in [-0.39, 0.29) is 11.2 Å². The molecule has 0 unspecified atom stereocenters. The van der Waals surface area contributed by atoms with Crippen LogP contribution in [-0.4, -0.2) is 27.9 Å². The average Bonchev–Trinajstić information content (AvgIpc) is 2.94. The number of benzene rings is 1. The molecule has 2 heterocycles. The van der Waals surface area contributed by atoms with Crippen LogP contribution < -0.4 is 20.7 Å². The molecule has 24 heavy (non-hydrogen) atoms. The second-order valence-electron chi connectivity index (χ2n) is 5.62. The van der Waals surface area contributed by atoms with Gasteiger partial charge in [-0.3, -0.25) is 13.9 Å². The predicted octanol–water partition coefficient (Wildman–Crippen LogP) is 1.26. The first-order valence-corrected chi connectivity index (χ1v) is 7.38. The maximum Gasteiger partial charge on any atom is 0.330 e. The van der Waals surface area contributed by atoms with Crippen LogP contribution in [0.2, 0.25) is 0 Å². The Morgan fingerprint density at radius 1 is 0.917 bits per heavy atom. The summed E-state index contributed by atoms with van der Waals surface area (Å²) in [5.41, 5.74) is 1.45. The van der Waals surface area contributed by atoms with Crippen LogP contribution in [0.5, 0.6) is 11.5 Å². The van der Waals surface area contributed by atoms with Crippen LogP contribution in [0.25, 0.3) is 22.2 Å². The second kappa shape index (κ2) is 5.59. The van der Waals surface area contributed by atoms with E-state index in [0.29, 0.717) is 22.4 Å². The first-order valence-electron chi connectivity index (χ1n) is 7.38. The van der Waals surface area contributed by atoms with Gasteiger partial charge in [-0.25, -0.2) is 4.79 Å². The lowest BCUT2D eigenvalue weighted by Crippen LogP contribution is -2.36. The van der Waals surface area contributed by atoms with Crippen LogP contribution in [0, 0.1) is 0 Å². The van der Waals surface area contributed by atoms with Crippen LogP contribution in [0.15, 0.2) is 34.0 Å². The molecule has 0 radical (unpaired) electrons. The molecule has 0 spiro atoms. The molecular weight excluding hydrogens is 310 g/mol. The highest BCUT2D eigenvalue weighted by molar-refractivity contribution is 5.94. The van der Waals surface area contributed by atoms with Crippen LogP contribution in [0.4, 0.5) is 0 Å². The van der Waals surface area contributed by atoms with Crippen LogP contribution >= 0.6 is 0 Å². The van der Waals surface area contributed by atoms with Crippen molar-refractivity contribution >= 4 is 10.9 Å².